The molecule has 0 saturated heterocycles. The lowest BCUT2D eigenvalue weighted by Gasteiger charge is -2.31. The van der Waals surface area contributed by atoms with Gasteiger partial charge in [0.2, 0.25) is 0 Å². The monoisotopic (exact) mass is 939 g/mol. The maximum atomic E-state index is 13.5. The smallest absolute Gasteiger partial charge is 0.384 e. The van der Waals surface area contributed by atoms with Gasteiger partial charge in [0.15, 0.2) is 0 Å². The van der Waals surface area contributed by atoms with Crippen LogP contribution in [0.4, 0.5) is 0 Å². The van der Waals surface area contributed by atoms with Gasteiger partial charge in [-0.1, -0.05) is 309 Å². The Balaban J connectivity index is 2.60. The quantitative estimate of drug-likeness (QED) is 0.0368. The molecule has 0 aromatic heterocycles. The van der Waals surface area contributed by atoms with E-state index < -0.39 is 23.9 Å². The summed E-state index contributed by atoms with van der Waals surface area (Å²) in [5.41, 5.74) is 0.342. The van der Waals surface area contributed by atoms with E-state index in [1.807, 2.05) is 6.07 Å². The molecule has 6 nitrogen and oxygen atoms in total. The van der Waals surface area contributed by atoms with Crippen LogP contribution in [0.3, 0.4) is 0 Å². The Kier molecular flexibility index (Phi) is 45.5. The molecule has 0 bridgehead atoms. The van der Waals surface area contributed by atoms with Crippen LogP contribution in [0, 0.1) is 0 Å². The van der Waals surface area contributed by atoms with Crippen molar-refractivity contribution in [2.45, 2.75) is 335 Å². The first-order valence-electron chi connectivity index (χ1n) is 29.7. The average Bonchev–Trinajstić information content (AvgIpc) is 3.33. The predicted molar refractivity (Wildman–Crippen MR) is 285 cm³/mol. The van der Waals surface area contributed by atoms with Crippen molar-refractivity contribution >= 4 is 17.9 Å². The van der Waals surface area contributed by atoms with E-state index in [2.05, 4.69) is 20.8 Å². The minimum atomic E-state index is -2.23. The van der Waals surface area contributed by atoms with Crippen molar-refractivity contribution in [3.63, 3.8) is 0 Å². The van der Waals surface area contributed by atoms with Gasteiger partial charge < -0.3 is 14.2 Å². The largest absolute Gasteiger partial charge is 0.453 e. The Morgan fingerprint density at radius 3 is 0.657 bits per heavy atom. The summed E-state index contributed by atoms with van der Waals surface area (Å²) in [5, 5.41) is 0. The second-order valence-corrected chi connectivity index (χ2v) is 20.4. The summed E-state index contributed by atoms with van der Waals surface area (Å²) in [6, 6.07) is 8.85. The zero-order chi connectivity index (χ0) is 48.4. The summed E-state index contributed by atoms with van der Waals surface area (Å²) in [7, 11) is 0. The Hall–Kier alpha value is -2.37. The van der Waals surface area contributed by atoms with E-state index in [1.54, 1.807) is 24.3 Å². The van der Waals surface area contributed by atoms with Crippen LogP contribution in [0.15, 0.2) is 30.3 Å². The Morgan fingerprint density at radius 2 is 0.463 bits per heavy atom. The van der Waals surface area contributed by atoms with Gasteiger partial charge in [0.1, 0.15) is 0 Å². The first-order valence-corrected chi connectivity index (χ1v) is 29.7. The molecule has 67 heavy (non-hydrogen) atoms. The molecule has 1 aromatic carbocycles. The zero-order valence-corrected chi connectivity index (χ0v) is 44.8. The van der Waals surface area contributed by atoms with E-state index in [9.17, 15) is 14.4 Å². The standard InChI is InChI=1S/C61H110O6/c1-4-7-10-13-16-19-22-25-28-31-34-37-40-43-49-54-58(62)65-61(57-52-47-46-48-53-57,66-59(63)55-50-44-41-38-35-32-29-26-23-20-17-14-11-8-5-2)67-60(64)56-51-45-42-39-36-33-30-27-24-21-18-15-12-9-6-3/h46-48,52-53H,4-45,49-51,54-56H2,1-3H3. The Labute approximate surface area is 415 Å². The molecule has 390 valence electrons. The third-order valence-corrected chi connectivity index (χ3v) is 13.8. The van der Waals surface area contributed by atoms with Crippen LogP contribution in [-0.2, 0) is 34.6 Å². The summed E-state index contributed by atoms with van der Waals surface area (Å²) >= 11 is 0. The molecule has 0 atom stereocenters. The molecule has 0 aliphatic heterocycles. The van der Waals surface area contributed by atoms with Gasteiger partial charge in [-0.25, -0.2) is 0 Å². The highest BCUT2D eigenvalue weighted by Crippen LogP contribution is 2.32. The number of unbranched alkanes of at least 4 members (excludes halogenated alkanes) is 42. The topological polar surface area (TPSA) is 78.9 Å². The summed E-state index contributed by atoms with van der Waals surface area (Å²) in [6.07, 6.45) is 56.5. The fourth-order valence-corrected chi connectivity index (χ4v) is 9.41. The van der Waals surface area contributed by atoms with E-state index in [0.717, 1.165) is 38.5 Å². The SMILES string of the molecule is CCCCCCCCCCCCCCCCCC(=O)OC(OC(=O)CCCCCCCCCCCCCCCCC)(OC(=O)CCCCCCCCCCCCCCCCC)c1ccccc1. The highest BCUT2D eigenvalue weighted by molar-refractivity contribution is 5.74. The molecule has 0 amide bonds. The van der Waals surface area contributed by atoms with E-state index in [-0.39, 0.29) is 19.3 Å². The van der Waals surface area contributed by atoms with E-state index in [1.165, 1.54) is 231 Å². The minimum absolute atomic E-state index is 0.181. The van der Waals surface area contributed by atoms with Gasteiger partial charge in [-0.05, 0) is 31.4 Å². The van der Waals surface area contributed by atoms with Crippen molar-refractivity contribution in [3.8, 4) is 0 Å². The highest BCUT2D eigenvalue weighted by Gasteiger charge is 2.45. The van der Waals surface area contributed by atoms with Gasteiger partial charge in [0.05, 0.1) is 5.56 Å². The first-order chi connectivity index (χ1) is 33.0. The number of rotatable bonds is 52. The number of esters is 3. The lowest BCUT2D eigenvalue weighted by molar-refractivity contribution is -0.340. The molecule has 0 saturated carbocycles. The van der Waals surface area contributed by atoms with Crippen LogP contribution in [-0.4, -0.2) is 17.9 Å². The van der Waals surface area contributed by atoms with Gasteiger partial charge in [-0.3, -0.25) is 14.4 Å². The number of hydrogen-bond acceptors (Lipinski definition) is 6. The van der Waals surface area contributed by atoms with Crippen molar-refractivity contribution in [2.24, 2.45) is 0 Å². The summed E-state index contributed by atoms with van der Waals surface area (Å²) in [4.78, 5) is 40.6. The lowest BCUT2D eigenvalue weighted by Crippen LogP contribution is -2.42. The third kappa shape index (κ3) is 40.1. The summed E-state index contributed by atoms with van der Waals surface area (Å²) in [5.74, 6) is -3.78. The van der Waals surface area contributed by atoms with Crippen molar-refractivity contribution in [3.05, 3.63) is 35.9 Å². The predicted octanol–water partition coefficient (Wildman–Crippen LogP) is 20.2. The molecule has 0 fully saturated rings. The van der Waals surface area contributed by atoms with Crippen molar-refractivity contribution in [1.82, 2.24) is 0 Å². The number of carbonyl (C=O) groups excluding carboxylic acids is 3. The molecule has 0 heterocycles. The highest BCUT2D eigenvalue weighted by atomic mass is 16.9. The number of benzene rings is 1. The van der Waals surface area contributed by atoms with E-state index in [4.69, 9.17) is 14.2 Å². The van der Waals surface area contributed by atoms with Gasteiger partial charge in [-0.15, -0.1) is 0 Å². The maximum absolute atomic E-state index is 13.5. The van der Waals surface area contributed by atoms with Crippen molar-refractivity contribution in [2.75, 3.05) is 0 Å². The third-order valence-electron chi connectivity index (χ3n) is 13.8. The molecule has 0 aliphatic carbocycles. The molecule has 0 aliphatic rings. The zero-order valence-electron chi connectivity index (χ0n) is 44.8. The average molecular weight is 940 g/mol. The normalized spacial score (nSPS) is 11.6. The van der Waals surface area contributed by atoms with Crippen LogP contribution in [0.5, 0.6) is 0 Å². The van der Waals surface area contributed by atoms with E-state index >= 15 is 0 Å². The van der Waals surface area contributed by atoms with Crippen LogP contribution in [0.25, 0.3) is 0 Å². The molecule has 6 heteroatoms. The lowest BCUT2D eigenvalue weighted by atomic mass is 10.0. The van der Waals surface area contributed by atoms with E-state index in [0.29, 0.717) is 24.8 Å². The van der Waals surface area contributed by atoms with Crippen molar-refractivity contribution in [1.29, 1.82) is 0 Å². The molecule has 0 unspecified atom stereocenters. The molecule has 0 radical (unpaired) electrons. The summed E-state index contributed by atoms with van der Waals surface area (Å²) < 4.78 is 18.1. The number of hydrogen-bond donors (Lipinski definition) is 0. The fraction of sp³-hybridized carbons (Fsp3) is 0.852. The molecular weight excluding hydrogens is 829 g/mol. The molecule has 0 N–H and O–H groups in total. The van der Waals surface area contributed by atoms with Crippen LogP contribution < -0.4 is 0 Å². The number of carbonyl (C=O) groups is 3. The minimum Gasteiger partial charge on any atom is -0.384 e. The maximum Gasteiger partial charge on any atom is 0.453 e. The van der Waals surface area contributed by atoms with Gasteiger partial charge in [0.25, 0.3) is 0 Å². The molecule has 0 spiro atoms. The van der Waals surface area contributed by atoms with Crippen LogP contribution in [0.1, 0.15) is 335 Å². The Morgan fingerprint density at radius 1 is 0.284 bits per heavy atom. The second kappa shape index (κ2) is 48.6. The molecular formula is C61H110O6. The molecule has 1 rings (SSSR count). The first kappa shape index (κ1) is 62.6. The summed E-state index contributed by atoms with van der Waals surface area (Å²) in [6.45, 7) is 6.82. The van der Waals surface area contributed by atoms with Gasteiger partial charge >= 0.3 is 23.9 Å². The van der Waals surface area contributed by atoms with Gasteiger partial charge in [-0.2, -0.15) is 0 Å². The Bertz CT molecular complexity index is 1100. The van der Waals surface area contributed by atoms with Gasteiger partial charge in [0, 0.05) is 19.3 Å². The molecule has 1 aromatic rings. The second-order valence-electron chi connectivity index (χ2n) is 20.4. The fourth-order valence-electron chi connectivity index (χ4n) is 9.41. The van der Waals surface area contributed by atoms with Crippen LogP contribution >= 0.6 is 0 Å². The van der Waals surface area contributed by atoms with Crippen molar-refractivity contribution < 1.29 is 28.6 Å². The van der Waals surface area contributed by atoms with Crippen LogP contribution in [0.2, 0.25) is 0 Å². The number of ether oxygens (including phenoxy) is 3.